The lowest BCUT2D eigenvalue weighted by Crippen LogP contribution is -2.19. The number of ether oxygens (including phenoxy) is 5. The summed E-state index contributed by atoms with van der Waals surface area (Å²) in [6.45, 7) is 0. The number of nitrogens with one attached hydrogen (secondary N) is 2. The van der Waals surface area contributed by atoms with Crippen molar-refractivity contribution in [1.82, 2.24) is 0 Å². The third-order valence-corrected chi connectivity index (χ3v) is 7.37. The molecule has 1 aliphatic rings. The number of fused-ring (bicyclic) bond motifs is 1. The molecule has 3 aromatic rings. The van der Waals surface area contributed by atoms with Crippen LogP contribution in [0.3, 0.4) is 0 Å². The lowest BCUT2D eigenvalue weighted by Gasteiger charge is -2.15. The van der Waals surface area contributed by atoms with Crippen LogP contribution in [0.4, 0.5) is 10.7 Å². The number of aryl methyl sites for hydroxylation is 1. The zero-order valence-electron chi connectivity index (χ0n) is 21.5. The Hall–Kier alpha value is -3.92. The Morgan fingerprint density at radius 1 is 0.730 bits per heavy atom. The summed E-state index contributed by atoms with van der Waals surface area (Å²) in [6, 6.07) is 8.31. The van der Waals surface area contributed by atoms with Gasteiger partial charge in [0.2, 0.25) is 5.75 Å². The van der Waals surface area contributed by atoms with Crippen LogP contribution >= 0.6 is 11.3 Å². The number of anilines is 2. The number of amides is 2. The smallest absolute Gasteiger partial charge is 0.258 e. The molecular formula is C27H30N2O7S. The second-order valence-electron chi connectivity index (χ2n) is 8.34. The first-order chi connectivity index (χ1) is 17.9. The van der Waals surface area contributed by atoms with E-state index in [-0.39, 0.29) is 5.91 Å². The fourth-order valence-corrected chi connectivity index (χ4v) is 5.64. The molecule has 196 valence electrons. The van der Waals surface area contributed by atoms with Gasteiger partial charge in [0.05, 0.1) is 41.1 Å². The normalized spacial score (nSPS) is 12.2. The predicted octanol–water partition coefficient (Wildman–Crippen LogP) is 5.17. The van der Waals surface area contributed by atoms with E-state index in [9.17, 15) is 9.59 Å². The lowest BCUT2D eigenvalue weighted by atomic mass is 9.95. The van der Waals surface area contributed by atoms with Crippen molar-refractivity contribution >= 4 is 33.8 Å². The minimum atomic E-state index is -0.394. The van der Waals surface area contributed by atoms with Gasteiger partial charge >= 0.3 is 0 Å². The first-order valence-electron chi connectivity index (χ1n) is 11.7. The highest BCUT2D eigenvalue weighted by molar-refractivity contribution is 7.17. The summed E-state index contributed by atoms with van der Waals surface area (Å²) in [5, 5.41) is 6.40. The number of hydrogen-bond acceptors (Lipinski definition) is 8. The van der Waals surface area contributed by atoms with E-state index in [1.165, 1.54) is 32.7 Å². The van der Waals surface area contributed by atoms with E-state index >= 15 is 0 Å². The molecule has 0 atom stereocenters. The molecule has 0 saturated carbocycles. The van der Waals surface area contributed by atoms with Gasteiger partial charge in [-0.15, -0.1) is 11.3 Å². The van der Waals surface area contributed by atoms with Crippen molar-refractivity contribution in [3.8, 4) is 28.7 Å². The molecule has 0 aliphatic heterocycles. The van der Waals surface area contributed by atoms with Gasteiger partial charge in [-0.3, -0.25) is 9.59 Å². The van der Waals surface area contributed by atoms with Crippen molar-refractivity contribution < 1.29 is 33.3 Å². The van der Waals surface area contributed by atoms with E-state index in [0.717, 1.165) is 36.1 Å². The number of carbonyl (C=O) groups excluding carboxylic acids is 2. The van der Waals surface area contributed by atoms with Gasteiger partial charge < -0.3 is 34.3 Å². The fraction of sp³-hybridized carbons (Fsp3) is 0.333. The maximum absolute atomic E-state index is 13.6. The molecule has 4 rings (SSSR count). The van der Waals surface area contributed by atoms with E-state index in [1.54, 1.807) is 44.6 Å². The van der Waals surface area contributed by atoms with Gasteiger partial charge in [0.15, 0.2) is 11.5 Å². The molecule has 2 amide bonds. The first kappa shape index (κ1) is 26.2. The summed E-state index contributed by atoms with van der Waals surface area (Å²) in [7, 11) is 7.57. The van der Waals surface area contributed by atoms with Crippen molar-refractivity contribution in [2.75, 3.05) is 46.2 Å². The van der Waals surface area contributed by atoms with Crippen LogP contribution in [0.2, 0.25) is 0 Å². The molecule has 2 aromatic carbocycles. The zero-order chi connectivity index (χ0) is 26.5. The van der Waals surface area contributed by atoms with Crippen LogP contribution in [0, 0.1) is 0 Å². The van der Waals surface area contributed by atoms with Crippen LogP contribution in [0.5, 0.6) is 28.7 Å². The monoisotopic (exact) mass is 526 g/mol. The number of carbonyl (C=O) groups is 2. The van der Waals surface area contributed by atoms with Gasteiger partial charge in [-0.2, -0.15) is 0 Å². The highest BCUT2D eigenvalue weighted by atomic mass is 32.1. The van der Waals surface area contributed by atoms with Crippen molar-refractivity contribution in [3.63, 3.8) is 0 Å². The maximum Gasteiger partial charge on any atom is 0.258 e. The molecule has 0 fully saturated rings. The average Bonchev–Trinajstić information content (AvgIpc) is 3.29. The summed E-state index contributed by atoms with van der Waals surface area (Å²) in [5.74, 6) is 1.52. The zero-order valence-corrected chi connectivity index (χ0v) is 22.3. The number of benzene rings is 2. The number of rotatable bonds is 9. The summed E-state index contributed by atoms with van der Waals surface area (Å²) in [6.07, 6.45) is 3.67. The summed E-state index contributed by atoms with van der Waals surface area (Å²) >= 11 is 1.44. The molecule has 1 aromatic heterocycles. The number of methoxy groups -OCH3 is 5. The van der Waals surface area contributed by atoms with Crippen LogP contribution in [-0.4, -0.2) is 47.4 Å². The molecule has 1 heterocycles. The minimum absolute atomic E-state index is 0.310. The standard InChI is InChI=1S/C27H30N2O7S/c1-32-17-12-16(13-18(14-17)33-2)28-26(31)23-19-8-6-7-9-22(19)37-27(23)29-25(30)15-10-20(34-3)24(36-5)21(11-15)35-4/h10-14H,6-9H2,1-5H3,(H,28,31)(H,29,30). The topological polar surface area (TPSA) is 104 Å². The SMILES string of the molecule is COc1cc(NC(=O)c2c(NC(=O)c3cc(OC)c(OC)c(OC)c3)sc3c2CCCC3)cc(OC)c1. The van der Waals surface area contributed by atoms with Crippen LogP contribution < -0.4 is 34.3 Å². The first-order valence-corrected chi connectivity index (χ1v) is 12.5. The van der Waals surface area contributed by atoms with Gasteiger partial charge in [-0.1, -0.05) is 0 Å². The average molecular weight is 527 g/mol. The van der Waals surface area contributed by atoms with E-state index in [1.807, 2.05) is 0 Å². The molecule has 37 heavy (non-hydrogen) atoms. The second-order valence-corrected chi connectivity index (χ2v) is 9.44. The van der Waals surface area contributed by atoms with E-state index in [0.29, 0.717) is 50.6 Å². The van der Waals surface area contributed by atoms with Gasteiger partial charge in [-0.25, -0.2) is 0 Å². The fourth-order valence-electron chi connectivity index (χ4n) is 4.35. The number of thiophene rings is 1. The quantitative estimate of drug-likeness (QED) is 0.396. The van der Waals surface area contributed by atoms with Crippen molar-refractivity contribution in [1.29, 1.82) is 0 Å². The third kappa shape index (κ3) is 5.43. The molecule has 10 heteroatoms. The Bertz CT molecular complexity index is 1270. The van der Waals surface area contributed by atoms with Crippen LogP contribution in [-0.2, 0) is 12.8 Å². The minimum Gasteiger partial charge on any atom is -0.497 e. The summed E-state index contributed by atoms with van der Waals surface area (Å²) < 4.78 is 26.8. The molecule has 2 N–H and O–H groups in total. The second kappa shape index (κ2) is 11.4. The third-order valence-electron chi connectivity index (χ3n) is 6.16. The molecule has 0 spiro atoms. The molecule has 0 bridgehead atoms. The van der Waals surface area contributed by atoms with Crippen molar-refractivity contribution in [2.45, 2.75) is 25.7 Å². The van der Waals surface area contributed by atoms with Crippen LogP contribution in [0.15, 0.2) is 30.3 Å². The Kier molecular flexibility index (Phi) is 8.08. The predicted molar refractivity (Wildman–Crippen MR) is 143 cm³/mol. The van der Waals surface area contributed by atoms with E-state index in [4.69, 9.17) is 23.7 Å². The van der Waals surface area contributed by atoms with Crippen molar-refractivity contribution in [2.24, 2.45) is 0 Å². The Balaban J connectivity index is 1.68. The Labute approximate surface area is 219 Å². The summed E-state index contributed by atoms with van der Waals surface area (Å²) in [4.78, 5) is 28.0. The molecule has 0 radical (unpaired) electrons. The molecule has 9 nitrogen and oxygen atoms in total. The number of hydrogen-bond donors (Lipinski definition) is 2. The van der Waals surface area contributed by atoms with Gasteiger partial charge in [0, 0.05) is 34.3 Å². The van der Waals surface area contributed by atoms with Crippen molar-refractivity contribution in [3.05, 3.63) is 51.9 Å². The van der Waals surface area contributed by atoms with Gasteiger partial charge in [-0.05, 0) is 43.4 Å². The van der Waals surface area contributed by atoms with Crippen LogP contribution in [0.25, 0.3) is 0 Å². The van der Waals surface area contributed by atoms with Gasteiger partial charge in [0.1, 0.15) is 16.5 Å². The maximum atomic E-state index is 13.6. The Morgan fingerprint density at radius 2 is 1.35 bits per heavy atom. The molecule has 0 unspecified atom stereocenters. The highest BCUT2D eigenvalue weighted by Gasteiger charge is 2.27. The molecule has 1 aliphatic carbocycles. The molecule has 0 saturated heterocycles. The summed E-state index contributed by atoms with van der Waals surface area (Å²) in [5.41, 5.74) is 2.29. The lowest BCUT2D eigenvalue weighted by molar-refractivity contribution is 0.102. The van der Waals surface area contributed by atoms with E-state index < -0.39 is 5.91 Å². The highest BCUT2D eigenvalue weighted by Crippen LogP contribution is 2.41. The van der Waals surface area contributed by atoms with Crippen LogP contribution in [0.1, 0.15) is 44.0 Å². The van der Waals surface area contributed by atoms with E-state index in [2.05, 4.69) is 10.6 Å². The van der Waals surface area contributed by atoms with Gasteiger partial charge in [0.25, 0.3) is 11.8 Å². The molecular weight excluding hydrogens is 496 g/mol. The largest absolute Gasteiger partial charge is 0.497 e. The Morgan fingerprint density at radius 3 is 1.92 bits per heavy atom.